The summed E-state index contributed by atoms with van der Waals surface area (Å²) in [5.41, 5.74) is 3.93. The fourth-order valence-corrected chi connectivity index (χ4v) is 1.22. The first kappa shape index (κ1) is 8.06. The van der Waals surface area contributed by atoms with Crippen molar-refractivity contribution >= 4 is 11.8 Å². The number of hydrazine groups is 1. The molecule has 0 atom stereocenters. The summed E-state index contributed by atoms with van der Waals surface area (Å²) in [6, 6.07) is 0. The van der Waals surface area contributed by atoms with E-state index in [1.54, 1.807) is 14.0 Å². The normalized spacial score (nSPS) is 16.5. The van der Waals surface area contributed by atoms with Crippen LogP contribution < -0.4 is 10.7 Å². The van der Waals surface area contributed by atoms with Crippen LogP contribution in [0, 0.1) is 6.92 Å². The average molecular weight is 182 g/mol. The van der Waals surface area contributed by atoms with E-state index >= 15 is 0 Å². The maximum atomic E-state index is 11.6. The first-order valence-corrected chi connectivity index (χ1v) is 3.92. The number of nitrogens with one attached hydrogen (secondary N) is 2. The third-order valence-electron chi connectivity index (χ3n) is 1.95. The second-order valence-corrected chi connectivity index (χ2v) is 2.85. The molecule has 0 radical (unpaired) electrons. The molecule has 0 spiro atoms. The molecule has 0 fully saturated rings. The zero-order chi connectivity index (χ0) is 9.42. The molecular formula is C7H10N4O2. The van der Waals surface area contributed by atoms with Crippen LogP contribution in [-0.2, 0) is 0 Å². The molecule has 0 unspecified atom stereocenters. The molecule has 2 rings (SSSR count). The maximum absolute atomic E-state index is 11.6. The number of anilines is 1. The second-order valence-electron chi connectivity index (χ2n) is 2.85. The Hall–Kier alpha value is -1.56. The third kappa shape index (κ3) is 1.15. The maximum Gasteiger partial charge on any atom is 0.275 e. The largest absolute Gasteiger partial charge is 0.339 e. The Bertz CT molecular complexity index is 346. The average Bonchev–Trinajstić information content (AvgIpc) is 2.39. The molecule has 0 bridgehead atoms. The van der Waals surface area contributed by atoms with Crippen LogP contribution in [0.2, 0.25) is 0 Å². The summed E-state index contributed by atoms with van der Waals surface area (Å²) in [5.74, 6) is 0.290. The van der Waals surface area contributed by atoms with E-state index in [9.17, 15) is 4.79 Å². The minimum atomic E-state index is -0.140. The van der Waals surface area contributed by atoms with Gasteiger partial charge in [0, 0.05) is 7.05 Å². The van der Waals surface area contributed by atoms with Crippen LogP contribution in [0.3, 0.4) is 0 Å². The first-order valence-electron chi connectivity index (χ1n) is 3.92. The minimum Gasteiger partial charge on any atom is -0.339 e. The van der Waals surface area contributed by atoms with Crippen LogP contribution in [0.1, 0.15) is 16.1 Å². The van der Waals surface area contributed by atoms with Gasteiger partial charge in [-0.1, -0.05) is 5.16 Å². The number of hydrogen-bond donors (Lipinski definition) is 2. The summed E-state index contributed by atoms with van der Waals surface area (Å²) in [6.07, 6.45) is 0. The van der Waals surface area contributed by atoms with Crippen molar-refractivity contribution in [2.75, 3.05) is 19.0 Å². The van der Waals surface area contributed by atoms with Crippen molar-refractivity contribution in [2.45, 2.75) is 6.92 Å². The second kappa shape index (κ2) is 2.74. The van der Waals surface area contributed by atoms with Gasteiger partial charge in [0.2, 0.25) is 5.88 Å². The van der Waals surface area contributed by atoms with E-state index < -0.39 is 0 Å². The quantitative estimate of drug-likeness (QED) is 0.588. The predicted octanol–water partition coefficient (Wildman–Crippen LogP) is -0.0574. The lowest BCUT2D eigenvalue weighted by Gasteiger charge is -2.13. The van der Waals surface area contributed by atoms with Crippen LogP contribution in [0.4, 0.5) is 5.88 Å². The fraction of sp³-hybridized carbons (Fsp3) is 0.429. The van der Waals surface area contributed by atoms with Gasteiger partial charge in [-0.2, -0.15) is 0 Å². The van der Waals surface area contributed by atoms with Crippen molar-refractivity contribution in [3.63, 3.8) is 0 Å². The van der Waals surface area contributed by atoms with Gasteiger partial charge >= 0.3 is 0 Å². The third-order valence-corrected chi connectivity index (χ3v) is 1.95. The number of carbonyl (C=O) groups excluding carboxylic acids is 1. The van der Waals surface area contributed by atoms with Crippen molar-refractivity contribution in [1.29, 1.82) is 0 Å². The number of fused-ring (bicyclic) bond motifs is 1. The number of rotatable bonds is 0. The smallest absolute Gasteiger partial charge is 0.275 e. The van der Waals surface area contributed by atoms with Gasteiger partial charge in [0.05, 0.1) is 12.4 Å². The van der Waals surface area contributed by atoms with Gasteiger partial charge in [0.15, 0.2) is 0 Å². The molecule has 0 saturated heterocycles. The number of aromatic nitrogens is 1. The van der Waals surface area contributed by atoms with Gasteiger partial charge in [-0.25, -0.2) is 5.43 Å². The summed E-state index contributed by atoms with van der Waals surface area (Å²) in [5, 5.41) is 8.02. The molecule has 1 aliphatic rings. The van der Waals surface area contributed by atoms with Crippen LogP contribution in [0.5, 0.6) is 0 Å². The standard InChI is InChI=1S/C7H10N4O2/c1-4-5-6(13-10-4)8-3-9-11(2)7(5)12/h8-9H,3H2,1-2H3. The predicted molar refractivity (Wildman–Crippen MR) is 45.0 cm³/mol. The van der Waals surface area contributed by atoms with E-state index in [2.05, 4.69) is 15.9 Å². The Morgan fingerprint density at radius 1 is 1.62 bits per heavy atom. The van der Waals surface area contributed by atoms with Crippen LogP contribution >= 0.6 is 0 Å². The molecule has 0 saturated carbocycles. The summed E-state index contributed by atoms with van der Waals surface area (Å²) in [7, 11) is 1.66. The van der Waals surface area contributed by atoms with Gasteiger partial charge in [-0.15, -0.1) is 0 Å². The van der Waals surface area contributed by atoms with Crippen molar-refractivity contribution in [3.05, 3.63) is 11.3 Å². The van der Waals surface area contributed by atoms with Crippen LogP contribution in [-0.4, -0.2) is 29.8 Å². The molecule has 1 aliphatic heterocycles. The van der Waals surface area contributed by atoms with E-state index in [4.69, 9.17) is 4.52 Å². The van der Waals surface area contributed by atoms with Gasteiger partial charge < -0.3 is 9.84 Å². The zero-order valence-electron chi connectivity index (χ0n) is 7.42. The number of aryl methyl sites for hydroxylation is 1. The molecule has 1 aromatic rings. The number of carbonyl (C=O) groups is 1. The zero-order valence-corrected chi connectivity index (χ0v) is 7.42. The Balaban J connectivity index is 2.49. The lowest BCUT2D eigenvalue weighted by atomic mass is 10.2. The van der Waals surface area contributed by atoms with Gasteiger partial charge in [-0.3, -0.25) is 9.80 Å². The lowest BCUT2D eigenvalue weighted by molar-refractivity contribution is 0.0729. The molecule has 0 aliphatic carbocycles. The molecule has 13 heavy (non-hydrogen) atoms. The van der Waals surface area contributed by atoms with Crippen molar-refractivity contribution in [1.82, 2.24) is 15.6 Å². The van der Waals surface area contributed by atoms with E-state index in [0.29, 0.717) is 23.8 Å². The Morgan fingerprint density at radius 3 is 3.15 bits per heavy atom. The molecule has 2 N–H and O–H groups in total. The topological polar surface area (TPSA) is 70.4 Å². The first-order chi connectivity index (χ1) is 6.20. The van der Waals surface area contributed by atoms with Crippen molar-refractivity contribution < 1.29 is 9.32 Å². The molecule has 1 aromatic heterocycles. The number of nitrogens with zero attached hydrogens (tertiary/aromatic N) is 2. The summed E-state index contributed by atoms with van der Waals surface area (Å²) < 4.78 is 4.94. The molecule has 6 nitrogen and oxygen atoms in total. The highest BCUT2D eigenvalue weighted by molar-refractivity contribution is 5.99. The van der Waals surface area contributed by atoms with Crippen molar-refractivity contribution in [3.8, 4) is 0 Å². The minimum absolute atomic E-state index is 0.140. The highest BCUT2D eigenvalue weighted by atomic mass is 16.5. The molecule has 1 amide bonds. The van der Waals surface area contributed by atoms with E-state index in [1.165, 1.54) is 5.01 Å². The number of amides is 1. The van der Waals surface area contributed by atoms with E-state index in [1.807, 2.05) is 0 Å². The molecule has 6 heteroatoms. The van der Waals surface area contributed by atoms with Crippen LogP contribution in [0.25, 0.3) is 0 Å². The summed E-state index contributed by atoms with van der Waals surface area (Å²) in [4.78, 5) is 11.6. The van der Waals surface area contributed by atoms with E-state index in [0.717, 1.165) is 0 Å². The Kier molecular flexibility index (Phi) is 1.70. The molecular weight excluding hydrogens is 172 g/mol. The van der Waals surface area contributed by atoms with Gasteiger partial charge in [-0.05, 0) is 6.92 Å². The Morgan fingerprint density at radius 2 is 2.38 bits per heavy atom. The summed E-state index contributed by atoms with van der Waals surface area (Å²) >= 11 is 0. The molecule has 0 aromatic carbocycles. The van der Waals surface area contributed by atoms with Crippen LogP contribution in [0.15, 0.2) is 4.52 Å². The monoisotopic (exact) mass is 182 g/mol. The van der Waals surface area contributed by atoms with E-state index in [-0.39, 0.29) is 5.91 Å². The number of hydrogen-bond acceptors (Lipinski definition) is 5. The van der Waals surface area contributed by atoms with Crippen molar-refractivity contribution in [2.24, 2.45) is 0 Å². The highest BCUT2D eigenvalue weighted by Gasteiger charge is 2.25. The van der Waals surface area contributed by atoms with Gasteiger partial charge in [0.1, 0.15) is 5.56 Å². The van der Waals surface area contributed by atoms with Gasteiger partial charge in [0.25, 0.3) is 5.91 Å². The highest BCUT2D eigenvalue weighted by Crippen LogP contribution is 2.21. The molecule has 2 heterocycles. The SMILES string of the molecule is Cc1noc2c1C(=O)N(C)NCN2. The lowest BCUT2D eigenvalue weighted by Crippen LogP contribution is -2.39. The fourth-order valence-electron chi connectivity index (χ4n) is 1.22. The Labute approximate surface area is 74.8 Å². The molecule has 70 valence electrons. The summed E-state index contributed by atoms with van der Waals surface area (Å²) in [6.45, 7) is 2.19.